The number of carboxylic acid groups (broad SMARTS) is 1. The Morgan fingerprint density at radius 2 is 1.64 bits per heavy atom. The summed E-state index contributed by atoms with van der Waals surface area (Å²) >= 11 is 0. The van der Waals surface area contributed by atoms with Gasteiger partial charge in [-0.25, -0.2) is 9.59 Å². The quantitative estimate of drug-likeness (QED) is 0.552. The minimum atomic E-state index is -1.26. The van der Waals surface area contributed by atoms with Crippen molar-refractivity contribution < 1.29 is 19.4 Å². The zero-order chi connectivity index (χ0) is 24.2. The highest BCUT2D eigenvalue weighted by Crippen LogP contribution is 2.24. The van der Waals surface area contributed by atoms with Gasteiger partial charge in [0.15, 0.2) is 5.60 Å². The molecule has 2 amide bonds. The van der Waals surface area contributed by atoms with E-state index >= 15 is 0 Å². The number of rotatable bonds is 9. The second-order valence-corrected chi connectivity index (χ2v) is 10.4. The standard InChI is InChI=1S/C27H36N2O4/c1-26(2,3)21-13-9-20(10-14-21)17-29-18-22(28-25(29)32)8-6-7-19-11-15-23(16-12-19)33-27(4,5)24(30)31/h9-16,22H,6-8,17-18H2,1-5H3,(H,28,32)(H,30,31). The Labute approximate surface area is 196 Å². The molecule has 0 saturated carbocycles. The Hall–Kier alpha value is -3.02. The second-order valence-electron chi connectivity index (χ2n) is 10.4. The smallest absolute Gasteiger partial charge is 0.347 e. The van der Waals surface area contributed by atoms with Gasteiger partial charge in [-0.2, -0.15) is 0 Å². The van der Waals surface area contributed by atoms with Gasteiger partial charge >= 0.3 is 12.0 Å². The normalized spacial score (nSPS) is 16.6. The first kappa shape index (κ1) is 24.6. The number of benzene rings is 2. The number of carbonyl (C=O) groups is 2. The van der Waals surface area contributed by atoms with Gasteiger partial charge in [-0.3, -0.25) is 0 Å². The SMILES string of the molecule is CC(C)(Oc1ccc(CCCC2CN(Cc3ccc(C(C)(C)C)cc3)C(=O)N2)cc1)C(=O)O. The number of nitrogens with zero attached hydrogens (tertiary/aromatic N) is 1. The molecule has 1 saturated heterocycles. The summed E-state index contributed by atoms with van der Waals surface area (Å²) < 4.78 is 5.55. The summed E-state index contributed by atoms with van der Waals surface area (Å²) in [5.74, 6) is -0.457. The number of aliphatic carboxylic acids is 1. The molecular weight excluding hydrogens is 416 g/mol. The highest BCUT2D eigenvalue weighted by molar-refractivity contribution is 5.77. The maximum atomic E-state index is 12.4. The van der Waals surface area contributed by atoms with Crippen LogP contribution in [0.3, 0.4) is 0 Å². The second kappa shape index (κ2) is 9.86. The molecule has 1 unspecified atom stereocenters. The average Bonchev–Trinajstić information content (AvgIpc) is 3.08. The van der Waals surface area contributed by atoms with Crippen molar-refractivity contribution in [3.63, 3.8) is 0 Å². The number of hydrogen-bond acceptors (Lipinski definition) is 3. The lowest BCUT2D eigenvalue weighted by molar-refractivity contribution is -0.152. The largest absolute Gasteiger partial charge is 0.478 e. The lowest BCUT2D eigenvalue weighted by Gasteiger charge is -2.21. The lowest BCUT2D eigenvalue weighted by Crippen LogP contribution is -2.37. The number of nitrogens with one attached hydrogen (secondary N) is 1. The van der Waals surface area contributed by atoms with Gasteiger partial charge in [0.1, 0.15) is 5.75 Å². The topological polar surface area (TPSA) is 78.9 Å². The number of ether oxygens (including phenoxy) is 1. The van der Waals surface area contributed by atoms with Gasteiger partial charge in [0, 0.05) is 19.1 Å². The van der Waals surface area contributed by atoms with Crippen LogP contribution in [0.1, 0.15) is 64.2 Å². The summed E-state index contributed by atoms with van der Waals surface area (Å²) in [5, 5.41) is 12.3. The van der Waals surface area contributed by atoms with E-state index in [1.165, 1.54) is 19.4 Å². The molecule has 33 heavy (non-hydrogen) atoms. The molecule has 1 fully saturated rings. The van der Waals surface area contributed by atoms with Crippen molar-refractivity contribution in [2.75, 3.05) is 6.54 Å². The van der Waals surface area contributed by atoms with Crippen LogP contribution in [0.5, 0.6) is 5.75 Å². The van der Waals surface area contributed by atoms with E-state index in [-0.39, 0.29) is 17.5 Å². The number of carboxylic acids is 1. The summed E-state index contributed by atoms with van der Waals surface area (Å²) in [6.45, 7) is 11.0. The maximum Gasteiger partial charge on any atom is 0.347 e. The molecule has 0 radical (unpaired) electrons. The Morgan fingerprint density at radius 3 is 2.21 bits per heavy atom. The number of urea groups is 1. The predicted molar refractivity (Wildman–Crippen MR) is 130 cm³/mol. The summed E-state index contributed by atoms with van der Waals surface area (Å²) in [4.78, 5) is 25.5. The van der Waals surface area contributed by atoms with Gasteiger partial charge < -0.3 is 20.1 Å². The maximum absolute atomic E-state index is 12.4. The predicted octanol–water partition coefficient (Wildman–Crippen LogP) is 5.14. The van der Waals surface area contributed by atoms with Crippen LogP contribution in [-0.2, 0) is 23.2 Å². The van der Waals surface area contributed by atoms with E-state index in [2.05, 4.69) is 50.4 Å². The van der Waals surface area contributed by atoms with Crippen LogP contribution in [0, 0.1) is 0 Å². The highest BCUT2D eigenvalue weighted by atomic mass is 16.5. The van der Waals surface area contributed by atoms with E-state index in [9.17, 15) is 14.7 Å². The average molecular weight is 453 g/mol. The van der Waals surface area contributed by atoms with Crippen LogP contribution in [0.2, 0.25) is 0 Å². The first-order valence-corrected chi connectivity index (χ1v) is 11.6. The van der Waals surface area contributed by atoms with Gasteiger partial charge in [0.2, 0.25) is 0 Å². The Morgan fingerprint density at radius 1 is 1.03 bits per heavy atom. The van der Waals surface area contributed by atoms with E-state index in [4.69, 9.17) is 4.74 Å². The van der Waals surface area contributed by atoms with Crippen LogP contribution in [-0.4, -0.2) is 40.2 Å². The third-order valence-electron chi connectivity index (χ3n) is 6.08. The Bertz CT molecular complexity index is 959. The van der Waals surface area contributed by atoms with E-state index in [0.29, 0.717) is 12.3 Å². The van der Waals surface area contributed by atoms with Crippen LogP contribution in [0.25, 0.3) is 0 Å². The third kappa shape index (κ3) is 6.73. The van der Waals surface area contributed by atoms with Gasteiger partial charge in [0.05, 0.1) is 0 Å². The van der Waals surface area contributed by atoms with E-state index < -0.39 is 11.6 Å². The van der Waals surface area contributed by atoms with Crippen LogP contribution < -0.4 is 10.1 Å². The van der Waals surface area contributed by atoms with Crippen molar-refractivity contribution >= 4 is 12.0 Å². The minimum absolute atomic E-state index is 0.00226. The van der Waals surface area contributed by atoms with E-state index in [1.54, 1.807) is 0 Å². The molecule has 178 valence electrons. The van der Waals surface area contributed by atoms with Crippen LogP contribution >= 0.6 is 0 Å². The minimum Gasteiger partial charge on any atom is -0.478 e. The molecule has 0 bridgehead atoms. The molecule has 1 aliphatic heterocycles. The summed E-state index contributed by atoms with van der Waals surface area (Å²) in [6.07, 6.45) is 2.76. The Balaban J connectivity index is 1.44. The summed E-state index contributed by atoms with van der Waals surface area (Å²) in [7, 11) is 0. The molecule has 6 heteroatoms. The fraction of sp³-hybridized carbons (Fsp3) is 0.481. The molecular formula is C27H36N2O4. The van der Waals surface area contributed by atoms with Crippen LogP contribution in [0.4, 0.5) is 4.79 Å². The monoisotopic (exact) mass is 452 g/mol. The molecule has 0 aromatic heterocycles. The highest BCUT2D eigenvalue weighted by Gasteiger charge is 2.30. The fourth-order valence-electron chi connectivity index (χ4n) is 3.91. The molecule has 1 atom stereocenters. The Kier molecular flexibility index (Phi) is 7.35. The van der Waals surface area contributed by atoms with Crippen molar-refractivity contribution in [3.8, 4) is 5.75 Å². The fourth-order valence-corrected chi connectivity index (χ4v) is 3.91. The zero-order valence-electron chi connectivity index (χ0n) is 20.4. The van der Waals surface area contributed by atoms with Gasteiger partial charge in [-0.05, 0) is 67.3 Å². The summed E-state index contributed by atoms with van der Waals surface area (Å²) in [6, 6.07) is 16.3. The molecule has 2 aromatic rings. The number of aryl methyl sites for hydroxylation is 1. The molecule has 2 aromatic carbocycles. The van der Waals surface area contributed by atoms with Crippen LogP contribution in [0.15, 0.2) is 48.5 Å². The first-order chi connectivity index (χ1) is 15.4. The molecule has 3 rings (SSSR count). The lowest BCUT2D eigenvalue weighted by atomic mass is 9.87. The van der Waals surface area contributed by atoms with Crippen molar-refractivity contribution in [2.24, 2.45) is 0 Å². The summed E-state index contributed by atoms with van der Waals surface area (Å²) in [5.41, 5.74) is 2.46. The molecule has 2 N–H and O–H groups in total. The van der Waals surface area contributed by atoms with Crippen molar-refractivity contribution in [2.45, 2.75) is 77.5 Å². The zero-order valence-corrected chi connectivity index (χ0v) is 20.4. The molecule has 0 aliphatic carbocycles. The number of hydrogen-bond donors (Lipinski definition) is 2. The molecule has 1 aliphatic rings. The van der Waals surface area contributed by atoms with Gasteiger partial charge in [-0.1, -0.05) is 57.2 Å². The first-order valence-electron chi connectivity index (χ1n) is 11.6. The third-order valence-corrected chi connectivity index (χ3v) is 6.08. The number of amides is 2. The van der Waals surface area contributed by atoms with E-state index in [0.717, 1.165) is 36.9 Å². The van der Waals surface area contributed by atoms with Crippen molar-refractivity contribution in [3.05, 3.63) is 65.2 Å². The number of carbonyl (C=O) groups excluding carboxylic acids is 1. The van der Waals surface area contributed by atoms with Crippen molar-refractivity contribution in [1.82, 2.24) is 10.2 Å². The van der Waals surface area contributed by atoms with Gasteiger partial charge in [0.25, 0.3) is 0 Å². The van der Waals surface area contributed by atoms with Crippen molar-refractivity contribution in [1.29, 1.82) is 0 Å². The molecule has 6 nitrogen and oxygen atoms in total. The van der Waals surface area contributed by atoms with Gasteiger partial charge in [-0.15, -0.1) is 0 Å². The van der Waals surface area contributed by atoms with E-state index in [1.807, 2.05) is 29.2 Å². The molecule has 0 spiro atoms. The molecule has 1 heterocycles.